The van der Waals surface area contributed by atoms with E-state index in [-0.39, 0.29) is 0 Å². The summed E-state index contributed by atoms with van der Waals surface area (Å²) >= 11 is 0. The minimum absolute atomic E-state index is 0.599. The van der Waals surface area contributed by atoms with Gasteiger partial charge >= 0.3 is 0 Å². The van der Waals surface area contributed by atoms with Crippen LogP contribution >= 0.6 is 0 Å². The van der Waals surface area contributed by atoms with Gasteiger partial charge in [-0.3, -0.25) is 0 Å². The summed E-state index contributed by atoms with van der Waals surface area (Å²) in [4.78, 5) is 8.67. The molecule has 1 aliphatic carbocycles. The highest BCUT2D eigenvalue weighted by Gasteiger charge is 2.20. The number of aryl methyl sites for hydroxylation is 1. The zero-order valence-corrected chi connectivity index (χ0v) is 9.84. The fourth-order valence-electron chi connectivity index (χ4n) is 2.72. The van der Waals surface area contributed by atoms with Gasteiger partial charge in [0.05, 0.1) is 0 Å². The number of benzene rings is 1. The summed E-state index contributed by atoms with van der Waals surface area (Å²) in [5.74, 6) is 1.57. The molecule has 17 heavy (non-hydrogen) atoms. The van der Waals surface area contributed by atoms with Crippen LogP contribution in [-0.4, -0.2) is 9.97 Å². The predicted molar refractivity (Wildman–Crippen MR) is 67.9 cm³/mol. The topological polar surface area (TPSA) is 25.8 Å². The van der Waals surface area contributed by atoms with Gasteiger partial charge in [0, 0.05) is 18.8 Å². The first-order valence-electron chi connectivity index (χ1n) is 6.27. The van der Waals surface area contributed by atoms with Crippen molar-refractivity contribution in [3.8, 4) is 0 Å². The van der Waals surface area contributed by atoms with E-state index in [1.165, 1.54) is 30.4 Å². The van der Waals surface area contributed by atoms with Gasteiger partial charge in [0.1, 0.15) is 5.82 Å². The molecule has 3 rings (SSSR count). The van der Waals surface area contributed by atoms with E-state index in [1.54, 1.807) is 0 Å². The average Bonchev–Trinajstić information content (AvgIpc) is 2.40. The first-order chi connectivity index (χ1) is 8.43. The summed E-state index contributed by atoms with van der Waals surface area (Å²) in [7, 11) is 0. The molecule has 2 heteroatoms. The lowest BCUT2D eigenvalue weighted by atomic mass is 9.81. The largest absolute Gasteiger partial charge is 0.241 e. The van der Waals surface area contributed by atoms with Crippen LogP contribution in [0.5, 0.6) is 0 Å². The quantitative estimate of drug-likeness (QED) is 0.783. The van der Waals surface area contributed by atoms with Gasteiger partial charge in [0.15, 0.2) is 0 Å². The van der Waals surface area contributed by atoms with Crippen LogP contribution in [0.25, 0.3) is 0 Å². The Balaban J connectivity index is 1.86. The minimum Gasteiger partial charge on any atom is -0.241 e. The number of nitrogens with zero attached hydrogens (tertiary/aromatic N) is 2. The van der Waals surface area contributed by atoms with Crippen molar-refractivity contribution in [3.05, 3.63) is 59.7 Å². The van der Waals surface area contributed by atoms with Crippen molar-refractivity contribution in [3.63, 3.8) is 0 Å². The van der Waals surface area contributed by atoms with E-state index in [0.29, 0.717) is 5.92 Å². The molecule has 1 aromatic carbocycles. The fourth-order valence-corrected chi connectivity index (χ4v) is 2.72. The second kappa shape index (κ2) is 4.66. The Labute approximate surface area is 102 Å². The molecule has 0 spiro atoms. The molecular formula is C15H16N2. The van der Waals surface area contributed by atoms with Gasteiger partial charge in [0.25, 0.3) is 0 Å². The molecule has 0 aliphatic heterocycles. The van der Waals surface area contributed by atoms with E-state index < -0.39 is 0 Å². The third kappa shape index (κ3) is 2.21. The monoisotopic (exact) mass is 224 g/mol. The highest BCUT2D eigenvalue weighted by molar-refractivity contribution is 5.33. The summed E-state index contributed by atoms with van der Waals surface area (Å²) in [5.41, 5.74) is 3.02. The molecule has 0 saturated carbocycles. The summed E-state index contributed by atoms with van der Waals surface area (Å²) < 4.78 is 0. The molecule has 0 N–H and O–H groups in total. The first-order valence-corrected chi connectivity index (χ1v) is 6.27. The summed E-state index contributed by atoms with van der Waals surface area (Å²) in [6, 6.07) is 10.7. The average molecular weight is 224 g/mol. The first kappa shape index (κ1) is 10.5. The molecule has 1 atom stereocenters. The van der Waals surface area contributed by atoms with Crippen molar-refractivity contribution in [1.82, 2.24) is 9.97 Å². The Bertz CT molecular complexity index is 493. The molecule has 1 heterocycles. The zero-order valence-electron chi connectivity index (χ0n) is 9.84. The molecule has 2 nitrogen and oxygen atoms in total. The molecule has 0 radical (unpaired) electrons. The van der Waals surface area contributed by atoms with Crippen molar-refractivity contribution in [2.75, 3.05) is 0 Å². The molecule has 86 valence electrons. The van der Waals surface area contributed by atoms with Gasteiger partial charge in [0.2, 0.25) is 0 Å². The number of aromatic nitrogens is 2. The second-order valence-electron chi connectivity index (χ2n) is 4.66. The van der Waals surface area contributed by atoms with E-state index in [4.69, 9.17) is 0 Å². The predicted octanol–water partition coefficient (Wildman–Crippen LogP) is 3.14. The zero-order chi connectivity index (χ0) is 11.5. The van der Waals surface area contributed by atoms with Crippen molar-refractivity contribution in [2.24, 2.45) is 0 Å². The van der Waals surface area contributed by atoms with E-state index >= 15 is 0 Å². The number of fused-ring (bicyclic) bond motifs is 1. The molecule has 0 fully saturated rings. The molecule has 2 aromatic rings. The van der Waals surface area contributed by atoms with Crippen LogP contribution in [0, 0.1) is 0 Å². The van der Waals surface area contributed by atoms with Gasteiger partial charge in [-0.05, 0) is 42.4 Å². The summed E-state index contributed by atoms with van der Waals surface area (Å²) in [6.45, 7) is 0. The maximum absolute atomic E-state index is 4.33. The lowest BCUT2D eigenvalue weighted by molar-refractivity contribution is 0.539. The SMILES string of the molecule is c1cnc(CC2CCCc3ccccc32)nc1. The molecule has 0 bridgehead atoms. The summed E-state index contributed by atoms with van der Waals surface area (Å²) in [6.07, 6.45) is 8.40. The Hall–Kier alpha value is -1.70. The van der Waals surface area contributed by atoms with E-state index in [1.807, 2.05) is 18.5 Å². The molecule has 1 aromatic heterocycles. The van der Waals surface area contributed by atoms with Crippen LogP contribution in [0.2, 0.25) is 0 Å². The maximum Gasteiger partial charge on any atom is 0.128 e. The minimum atomic E-state index is 0.599. The van der Waals surface area contributed by atoms with Gasteiger partial charge < -0.3 is 0 Å². The Morgan fingerprint density at radius 3 is 2.76 bits per heavy atom. The standard InChI is InChI=1S/C15H16N2/c1-2-8-14-12(5-1)6-3-7-13(14)11-15-16-9-4-10-17-15/h1-2,4-5,8-10,13H,3,6-7,11H2. The van der Waals surface area contributed by atoms with Gasteiger partial charge in [-0.25, -0.2) is 9.97 Å². The van der Waals surface area contributed by atoms with E-state index in [0.717, 1.165) is 12.2 Å². The number of hydrogen-bond donors (Lipinski definition) is 0. The second-order valence-corrected chi connectivity index (χ2v) is 4.66. The molecule has 0 saturated heterocycles. The lowest BCUT2D eigenvalue weighted by Gasteiger charge is -2.24. The van der Waals surface area contributed by atoms with Crippen LogP contribution in [-0.2, 0) is 12.8 Å². The van der Waals surface area contributed by atoms with Crippen molar-refractivity contribution in [1.29, 1.82) is 0 Å². The third-order valence-electron chi connectivity index (χ3n) is 3.54. The molecule has 0 amide bonds. The smallest absolute Gasteiger partial charge is 0.128 e. The van der Waals surface area contributed by atoms with Crippen molar-refractivity contribution in [2.45, 2.75) is 31.6 Å². The number of rotatable bonds is 2. The van der Waals surface area contributed by atoms with Crippen LogP contribution in [0.3, 0.4) is 0 Å². The van der Waals surface area contributed by atoms with Gasteiger partial charge in [-0.1, -0.05) is 24.3 Å². The normalized spacial score (nSPS) is 18.7. The van der Waals surface area contributed by atoms with Crippen LogP contribution in [0.15, 0.2) is 42.7 Å². The highest BCUT2D eigenvalue weighted by Crippen LogP contribution is 2.33. The number of hydrogen-bond acceptors (Lipinski definition) is 2. The van der Waals surface area contributed by atoms with Crippen LogP contribution in [0.4, 0.5) is 0 Å². The van der Waals surface area contributed by atoms with Crippen molar-refractivity contribution >= 4 is 0 Å². The van der Waals surface area contributed by atoms with Gasteiger partial charge in [-0.15, -0.1) is 0 Å². The van der Waals surface area contributed by atoms with Gasteiger partial charge in [-0.2, -0.15) is 0 Å². The van der Waals surface area contributed by atoms with Crippen LogP contribution in [0.1, 0.15) is 35.7 Å². The summed E-state index contributed by atoms with van der Waals surface area (Å²) in [5, 5.41) is 0. The van der Waals surface area contributed by atoms with Crippen molar-refractivity contribution < 1.29 is 0 Å². The molecular weight excluding hydrogens is 208 g/mol. The Morgan fingerprint density at radius 2 is 1.88 bits per heavy atom. The van der Waals surface area contributed by atoms with E-state index in [2.05, 4.69) is 34.2 Å². The Morgan fingerprint density at radius 1 is 1.06 bits per heavy atom. The third-order valence-corrected chi connectivity index (χ3v) is 3.54. The van der Waals surface area contributed by atoms with Crippen LogP contribution < -0.4 is 0 Å². The highest BCUT2D eigenvalue weighted by atomic mass is 14.8. The van der Waals surface area contributed by atoms with E-state index in [9.17, 15) is 0 Å². The Kier molecular flexibility index (Phi) is 2.87. The fraction of sp³-hybridized carbons (Fsp3) is 0.333. The maximum atomic E-state index is 4.33. The molecule has 1 aliphatic rings. The lowest BCUT2D eigenvalue weighted by Crippen LogP contribution is -2.13. The molecule has 1 unspecified atom stereocenters.